The lowest BCUT2D eigenvalue weighted by molar-refractivity contribution is -0.137. The van der Waals surface area contributed by atoms with Crippen LogP contribution in [0, 0.1) is 11.8 Å². The fourth-order valence-electron chi connectivity index (χ4n) is 3.01. The quantitative estimate of drug-likeness (QED) is 0.402. The number of sulfone groups is 1. The van der Waals surface area contributed by atoms with Crippen LogP contribution in [0.3, 0.4) is 0 Å². The van der Waals surface area contributed by atoms with Crippen molar-refractivity contribution in [2.24, 2.45) is 11.8 Å². The lowest BCUT2D eigenvalue weighted by atomic mass is 9.94. The van der Waals surface area contributed by atoms with Gasteiger partial charge < -0.3 is 9.84 Å². The molecule has 0 aromatic heterocycles. The highest BCUT2D eigenvalue weighted by Gasteiger charge is 2.31. The molecule has 5 nitrogen and oxygen atoms in total. The maximum Gasteiger partial charge on any atom is 0.303 e. The summed E-state index contributed by atoms with van der Waals surface area (Å²) in [7, 11) is -3.00. The number of aliphatic carboxylic acids is 1. The van der Waals surface area contributed by atoms with E-state index < -0.39 is 15.8 Å². The van der Waals surface area contributed by atoms with Crippen LogP contribution in [0.5, 0.6) is 0 Å². The fourth-order valence-corrected chi connectivity index (χ4v) is 4.84. The van der Waals surface area contributed by atoms with E-state index in [9.17, 15) is 13.2 Å². The first-order valence-corrected chi connectivity index (χ1v) is 10.9. The van der Waals surface area contributed by atoms with Crippen molar-refractivity contribution in [3.8, 4) is 0 Å². The van der Waals surface area contributed by atoms with Gasteiger partial charge in [0.15, 0.2) is 9.84 Å². The van der Waals surface area contributed by atoms with Crippen molar-refractivity contribution in [1.29, 1.82) is 0 Å². The van der Waals surface area contributed by atoms with Gasteiger partial charge in [-0.1, -0.05) is 38.3 Å². The van der Waals surface area contributed by atoms with Crippen LogP contribution in [0.25, 0.3) is 0 Å². The average Bonchev–Trinajstić information content (AvgIpc) is 2.93. The molecule has 0 aromatic rings. The second-order valence-corrected chi connectivity index (χ2v) is 8.95. The minimum Gasteiger partial charge on any atom is -0.481 e. The molecule has 0 saturated carbocycles. The van der Waals surface area contributed by atoms with Crippen molar-refractivity contribution in [3.63, 3.8) is 0 Å². The summed E-state index contributed by atoms with van der Waals surface area (Å²) in [6.45, 7) is 3.27. The van der Waals surface area contributed by atoms with Crippen molar-refractivity contribution in [2.75, 3.05) is 24.7 Å². The number of carboxylic acids is 1. The molecule has 1 fully saturated rings. The van der Waals surface area contributed by atoms with Crippen molar-refractivity contribution in [1.82, 2.24) is 0 Å². The van der Waals surface area contributed by atoms with Gasteiger partial charge in [-0.25, -0.2) is 8.42 Å². The molecule has 0 unspecified atom stereocenters. The minimum atomic E-state index is -3.00. The van der Waals surface area contributed by atoms with E-state index in [1.165, 1.54) is 0 Å². The third kappa shape index (κ3) is 9.42. The van der Waals surface area contributed by atoms with E-state index >= 15 is 0 Å². The number of hydrogen-bond donors (Lipinski definition) is 1. The van der Waals surface area contributed by atoms with Crippen LogP contribution in [0.1, 0.15) is 58.3 Å². The van der Waals surface area contributed by atoms with E-state index in [0.717, 1.165) is 38.5 Å². The van der Waals surface area contributed by atoms with Crippen LogP contribution in [0.15, 0.2) is 12.2 Å². The van der Waals surface area contributed by atoms with Crippen LogP contribution < -0.4 is 0 Å². The topological polar surface area (TPSA) is 80.7 Å². The van der Waals surface area contributed by atoms with E-state index in [-0.39, 0.29) is 24.0 Å². The Bertz CT molecular complexity index is 484. The number of ether oxygens (including phenoxy) is 1. The Kier molecular flexibility index (Phi) is 10.3. The molecule has 6 heteroatoms. The van der Waals surface area contributed by atoms with Gasteiger partial charge in [0.1, 0.15) is 0 Å². The largest absolute Gasteiger partial charge is 0.481 e. The molecule has 1 aliphatic rings. The normalized spacial score (nSPS) is 21.5. The van der Waals surface area contributed by atoms with Gasteiger partial charge in [-0.3, -0.25) is 4.79 Å². The first-order chi connectivity index (χ1) is 11.4. The zero-order valence-electron chi connectivity index (χ0n) is 14.8. The van der Waals surface area contributed by atoms with E-state index in [4.69, 9.17) is 9.84 Å². The highest BCUT2D eigenvalue weighted by atomic mass is 32.2. The van der Waals surface area contributed by atoms with Crippen LogP contribution in [0.2, 0.25) is 0 Å². The highest BCUT2D eigenvalue weighted by molar-refractivity contribution is 7.91. The highest BCUT2D eigenvalue weighted by Crippen LogP contribution is 2.26. The van der Waals surface area contributed by atoms with Crippen LogP contribution in [-0.4, -0.2) is 44.2 Å². The molecule has 2 atom stereocenters. The van der Waals surface area contributed by atoms with E-state index in [0.29, 0.717) is 25.4 Å². The summed E-state index contributed by atoms with van der Waals surface area (Å²) in [6, 6.07) is 0. The molecule has 0 bridgehead atoms. The Balaban J connectivity index is 2.31. The van der Waals surface area contributed by atoms with Crippen LogP contribution >= 0.6 is 0 Å². The number of hydrogen-bond acceptors (Lipinski definition) is 4. The minimum absolute atomic E-state index is 0.0878. The van der Waals surface area contributed by atoms with Crippen molar-refractivity contribution >= 4 is 15.8 Å². The Morgan fingerprint density at radius 2 is 1.88 bits per heavy atom. The molecule has 0 aromatic carbocycles. The Morgan fingerprint density at radius 3 is 2.58 bits per heavy atom. The van der Waals surface area contributed by atoms with E-state index in [1.54, 1.807) is 0 Å². The Hall–Kier alpha value is -0.880. The summed E-state index contributed by atoms with van der Waals surface area (Å²) < 4.78 is 30.0. The lowest BCUT2D eigenvalue weighted by Crippen LogP contribution is -2.24. The smallest absolute Gasteiger partial charge is 0.303 e. The molecule has 1 heterocycles. The van der Waals surface area contributed by atoms with Gasteiger partial charge in [0.2, 0.25) is 0 Å². The van der Waals surface area contributed by atoms with Gasteiger partial charge in [-0.05, 0) is 31.6 Å². The summed E-state index contributed by atoms with van der Waals surface area (Å²) in [5, 5.41) is 8.58. The standard InChI is InChI=1S/C18H32O5S/c1-2-3-4-9-12-24(21,22)15-17-14-23-13-16(17)10-7-5-6-8-11-18(19)20/h5,7,16-17H,2-4,6,8-15H2,1H3,(H,19,20)/t16-,17-/m0/s1. The first-order valence-electron chi connectivity index (χ1n) is 9.09. The lowest BCUT2D eigenvalue weighted by Gasteiger charge is -2.16. The summed E-state index contributed by atoms with van der Waals surface area (Å²) >= 11 is 0. The van der Waals surface area contributed by atoms with Gasteiger partial charge in [0.05, 0.1) is 24.7 Å². The number of carbonyl (C=O) groups is 1. The number of carboxylic acid groups (broad SMARTS) is 1. The van der Waals surface area contributed by atoms with Crippen molar-refractivity contribution < 1.29 is 23.1 Å². The van der Waals surface area contributed by atoms with Crippen molar-refractivity contribution in [2.45, 2.75) is 58.3 Å². The monoisotopic (exact) mass is 360 g/mol. The molecule has 1 saturated heterocycles. The molecule has 140 valence electrons. The molecule has 0 amide bonds. The van der Waals surface area contributed by atoms with Gasteiger partial charge in [0, 0.05) is 12.3 Å². The summed E-state index contributed by atoms with van der Waals surface area (Å²) in [5.74, 6) is 0.102. The molecule has 0 spiro atoms. The number of rotatable bonds is 13. The number of unbranched alkanes of at least 4 members (excludes halogenated alkanes) is 4. The number of allylic oxidation sites excluding steroid dienone is 2. The first kappa shape index (κ1) is 21.2. The molecule has 24 heavy (non-hydrogen) atoms. The molecule has 0 radical (unpaired) electrons. The second-order valence-electron chi connectivity index (χ2n) is 6.73. The molecular formula is C18H32O5S. The van der Waals surface area contributed by atoms with E-state index in [2.05, 4.69) is 6.92 Å². The van der Waals surface area contributed by atoms with Gasteiger partial charge >= 0.3 is 5.97 Å². The van der Waals surface area contributed by atoms with Gasteiger partial charge in [-0.2, -0.15) is 0 Å². The van der Waals surface area contributed by atoms with E-state index in [1.807, 2.05) is 12.2 Å². The van der Waals surface area contributed by atoms with Crippen LogP contribution in [-0.2, 0) is 19.4 Å². The summed E-state index contributed by atoms with van der Waals surface area (Å²) in [6.07, 6.45) is 10.4. The summed E-state index contributed by atoms with van der Waals surface area (Å²) in [5.41, 5.74) is 0. The zero-order chi connectivity index (χ0) is 17.8. The predicted molar refractivity (Wildman–Crippen MR) is 95.8 cm³/mol. The molecule has 1 aliphatic heterocycles. The summed E-state index contributed by atoms with van der Waals surface area (Å²) in [4.78, 5) is 10.4. The molecular weight excluding hydrogens is 328 g/mol. The Labute approximate surface area is 146 Å². The maximum atomic E-state index is 12.2. The van der Waals surface area contributed by atoms with Gasteiger partial charge in [0.25, 0.3) is 0 Å². The SMILES string of the molecule is CCCCCCS(=O)(=O)C[C@@H]1COC[C@@H]1CC=CCCCC(=O)O. The molecule has 1 N–H and O–H groups in total. The van der Waals surface area contributed by atoms with Crippen LogP contribution in [0.4, 0.5) is 0 Å². The second kappa shape index (κ2) is 11.6. The van der Waals surface area contributed by atoms with Crippen molar-refractivity contribution in [3.05, 3.63) is 12.2 Å². The van der Waals surface area contributed by atoms with Gasteiger partial charge in [-0.15, -0.1) is 0 Å². The fraction of sp³-hybridized carbons (Fsp3) is 0.833. The zero-order valence-corrected chi connectivity index (χ0v) is 15.6. The Morgan fingerprint density at radius 1 is 1.12 bits per heavy atom. The maximum absolute atomic E-state index is 12.2. The molecule has 0 aliphatic carbocycles. The third-order valence-corrected chi connectivity index (χ3v) is 6.32. The third-order valence-electron chi connectivity index (χ3n) is 4.47. The molecule has 1 rings (SSSR count). The predicted octanol–water partition coefficient (Wildman–Crippen LogP) is 3.45. The average molecular weight is 361 g/mol.